The Bertz CT molecular complexity index is 473. The van der Waals surface area contributed by atoms with Gasteiger partial charge in [0.1, 0.15) is 0 Å². The van der Waals surface area contributed by atoms with Crippen LogP contribution in [0.1, 0.15) is 47.0 Å². The van der Waals surface area contributed by atoms with Crippen LogP contribution in [0.15, 0.2) is 4.99 Å². The summed E-state index contributed by atoms with van der Waals surface area (Å²) < 4.78 is 5.09. The zero-order valence-electron chi connectivity index (χ0n) is 18.1. The van der Waals surface area contributed by atoms with Crippen LogP contribution in [0.2, 0.25) is 0 Å². The van der Waals surface area contributed by atoms with Crippen LogP contribution in [0.25, 0.3) is 0 Å². The van der Waals surface area contributed by atoms with Gasteiger partial charge in [0.25, 0.3) is 0 Å². The van der Waals surface area contributed by atoms with Crippen LogP contribution < -0.4 is 10.6 Å². The number of aliphatic imine (C=N–C) groups is 1. The molecule has 0 radical (unpaired) electrons. The van der Waals surface area contributed by atoms with E-state index >= 15 is 0 Å². The molecule has 164 valence electrons. The molecule has 0 aliphatic carbocycles. The smallest absolute Gasteiger partial charge is 0.409 e. The van der Waals surface area contributed by atoms with Crippen molar-refractivity contribution < 1.29 is 9.53 Å². The lowest BCUT2D eigenvalue weighted by molar-refractivity contribution is 0.0963. The summed E-state index contributed by atoms with van der Waals surface area (Å²) in [5.74, 6) is 2.47. The molecule has 2 N–H and O–H groups in total. The van der Waals surface area contributed by atoms with E-state index in [0.717, 1.165) is 63.4 Å². The standard InChI is InChI=1S/C20H39N5O2.HI/c1-5-21-19(22-9-12-24-14-16(3)13-17(4)15-24)23-18-7-10-25(11-8-18)20(26)27-6-2;/h16-18H,5-15H2,1-4H3,(H2,21,22,23);1H. The number of guanidine groups is 1. The van der Waals surface area contributed by atoms with Gasteiger partial charge in [-0.25, -0.2) is 4.79 Å². The van der Waals surface area contributed by atoms with Crippen molar-refractivity contribution >= 4 is 36.0 Å². The minimum Gasteiger partial charge on any atom is -0.450 e. The van der Waals surface area contributed by atoms with E-state index in [1.165, 1.54) is 19.5 Å². The monoisotopic (exact) mass is 509 g/mol. The molecule has 2 saturated heterocycles. The first-order valence-corrected chi connectivity index (χ1v) is 10.7. The predicted octanol–water partition coefficient (Wildman–Crippen LogP) is 2.76. The van der Waals surface area contributed by atoms with Gasteiger partial charge in [-0.2, -0.15) is 0 Å². The summed E-state index contributed by atoms with van der Waals surface area (Å²) in [5, 5.41) is 6.90. The highest BCUT2D eigenvalue weighted by Crippen LogP contribution is 2.20. The number of halogens is 1. The Morgan fingerprint density at radius 1 is 1.14 bits per heavy atom. The Labute approximate surface area is 188 Å². The molecule has 0 aromatic heterocycles. The number of ether oxygens (including phenoxy) is 1. The first-order valence-electron chi connectivity index (χ1n) is 10.7. The van der Waals surface area contributed by atoms with Gasteiger partial charge in [-0.1, -0.05) is 13.8 Å². The number of amides is 1. The first-order chi connectivity index (χ1) is 13.0. The summed E-state index contributed by atoms with van der Waals surface area (Å²) in [5.41, 5.74) is 0. The quantitative estimate of drug-likeness (QED) is 0.328. The van der Waals surface area contributed by atoms with Crippen molar-refractivity contribution in [3.8, 4) is 0 Å². The van der Waals surface area contributed by atoms with Crippen molar-refractivity contribution in [1.29, 1.82) is 0 Å². The SMILES string of the molecule is CCNC(=NCCN1CC(C)CC(C)C1)NC1CCN(C(=O)OCC)CC1.I. The second kappa shape index (κ2) is 13.5. The lowest BCUT2D eigenvalue weighted by atomic mass is 9.92. The molecule has 2 heterocycles. The number of hydrogen-bond donors (Lipinski definition) is 2. The van der Waals surface area contributed by atoms with E-state index in [9.17, 15) is 4.79 Å². The molecule has 0 aromatic carbocycles. The van der Waals surface area contributed by atoms with Gasteiger partial charge >= 0.3 is 6.09 Å². The van der Waals surface area contributed by atoms with Crippen molar-refractivity contribution in [3.05, 3.63) is 0 Å². The molecule has 8 heteroatoms. The molecule has 1 amide bonds. The minimum absolute atomic E-state index is 0. The van der Waals surface area contributed by atoms with Gasteiger partial charge in [-0.05, 0) is 44.9 Å². The maximum Gasteiger partial charge on any atom is 0.409 e. The lowest BCUT2D eigenvalue weighted by Crippen LogP contribution is -2.50. The van der Waals surface area contributed by atoms with E-state index < -0.39 is 0 Å². The van der Waals surface area contributed by atoms with E-state index in [1.807, 2.05) is 6.92 Å². The van der Waals surface area contributed by atoms with E-state index in [-0.39, 0.29) is 30.1 Å². The second-order valence-electron chi connectivity index (χ2n) is 8.07. The van der Waals surface area contributed by atoms with E-state index in [2.05, 4.69) is 36.3 Å². The Hall–Kier alpha value is -0.770. The Morgan fingerprint density at radius 2 is 1.79 bits per heavy atom. The molecule has 2 aliphatic rings. The van der Waals surface area contributed by atoms with Crippen molar-refractivity contribution in [2.75, 3.05) is 52.4 Å². The molecule has 0 spiro atoms. The Kier molecular flexibility index (Phi) is 12.1. The van der Waals surface area contributed by atoms with Gasteiger partial charge in [0.15, 0.2) is 5.96 Å². The molecule has 0 saturated carbocycles. The third-order valence-electron chi connectivity index (χ3n) is 5.34. The molecule has 2 aliphatic heterocycles. The van der Waals surface area contributed by atoms with Gasteiger partial charge in [0.05, 0.1) is 13.2 Å². The largest absolute Gasteiger partial charge is 0.450 e. The van der Waals surface area contributed by atoms with Gasteiger partial charge in [-0.3, -0.25) is 4.99 Å². The molecule has 2 unspecified atom stereocenters. The molecule has 2 fully saturated rings. The van der Waals surface area contributed by atoms with Crippen molar-refractivity contribution in [3.63, 3.8) is 0 Å². The van der Waals surface area contributed by atoms with Crippen LogP contribution in [0, 0.1) is 11.8 Å². The average molecular weight is 509 g/mol. The second-order valence-corrected chi connectivity index (χ2v) is 8.07. The predicted molar refractivity (Wildman–Crippen MR) is 126 cm³/mol. The average Bonchev–Trinajstić information content (AvgIpc) is 2.62. The molecule has 2 rings (SSSR count). The van der Waals surface area contributed by atoms with Crippen molar-refractivity contribution in [1.82, 2.24) is 20.4 Å². The number of nitrogens with zero attached hydrogens (tertiary/aromatic N) is 3. The zero-order chi connectivity index (χ0) is 19.6. The number of piperidine rings is 2. The van der Waals surface area contributed by atoms with Crippen LogP contribution >= 0.6 is 24.0 Å². The summed E-state index contributed by atoms with van der Waals surface area (Å²) >= 11 is 0. The molecule has 28 heavy (non-hydrogen) atoms. The molecule has 0 aromatic rings. The van der Waals surface area contributed by atoms with Gasteiger partial charge in [0, 0.05) is 45.3 Å². The topological polar surface area (TPSA) is 69.2 Å². The van der Waals surface area contributed by atoms with Crippen LogP contribution in [0.5, 0.6) is 0 Å². The fourth-order valence-corrected chi connectivity index (χ4v) is 4.21. The summed E-state index contributed by atoms with van der Waals surface area (Å²) in [6.07, 6.45) is 2.99. The van der Waals surface area contributed by atoms with Crippen LogP contribution in [0.3, 0.4) is 0 Å². The minimum atomic E-state index is -0.193. The highest BCUT2D eigenvalue weighted by atomic mass is 127. The molecule has 0 bridgehead atoms. The fourth-order valence-electron chi connectivity index (χ4n) is 4.21. The number of carbonyl (C=O) groups is 1. The normalized spacial score (nSPS) is 24.4. The summed E-state index contributed by atoms with van der Waals surface area (Å²) in [4.78, 5) is 20.9. The maximum atomic E-state index is 11.8. The summed E-state index contributed by atoms with van der Waals surface area (Å²) in [7, 11) is 0. The number of carbonyl (C=O) groups excluding carboxylic acids is 1. The maximum absolute atomic E-state index is 11.8. The van der Waals surface area contributed by atoms with E-state index in [1.54, 1.807) is 4.90 Å². The highest BCUT2D eigenvalue weighted by Gasteiger charge is 2.24. The zero-order valence-corrected chi connectivity index (χ0v) is 20.4. The van der Waals surface area contributed by atoms with Gasteiger partial charge in [-0.15, -0.1) is 24.0 Å². The number of nitrogens with one attached hydrogen (secondary N) is 2. The Morgan fingerprint density at radius 3 is 2.36 bits per heavy atom. The first kappa shape index (κ1) is 25.3. The third kappa shape index (κ3) is 8.71. The molecule has 2 atom stereocenters. The third-order valence-corrected chi connectivity index (χ3v) is 5.34. The summed E-state index contributed by atoms with van der Waals surface area (Å²) in [6.45, 7) is 15.6. The van der Waals surface area contributed by atoms with Crippen LogP contribution in [0.4, 0.5) is 4.79 Å². The number of rotatable bonds is 6. The summed E-state index contributed by atoms with van der Waals surface area (Å²) in [6, 6.07) is 0.350. The van der Waals surface area contributed by atoms with Crippen LogP contribution in [-0.4, -0.2) is 80.3 Å². The molecular formula is C20H40IN5O2. The number of likely N-dealkylation sites (tertiary alicyclic amines) is 2. The van der Waals surface area contributed by atoms with E-state index in [0.29, 0.717) is 12.6 Å². The highest BCUT2D eigenvalue weighted by molar-refractivity contribution is 14.0. The lowest BCUT2D eigenvalue weighted by Gasteiger charge is -2.34. The fraction of sp³-hybridized carbons (Fsp3) is 0.900. The van der Waals surface area contributed by atoms with Gasteiger partial charge in [0.2, 0.25) is 0 Å². The molecular weight excluding hydrogens is 469 g/mol. The van der Waals surface area contributed by atoms with Crippen LogP contribution in [-0.2, 0) is 4.74 Å². The Balaban J connectivity index is 0.00000392. The van der Waals surface area contributed by atoms with Crippen molar-refractivity contribution in [2.24, 2.45) is 16.8 Å². The van der Waals surface area contributed by atoms with Gasteiger partial charge < -0.3 is 25.2 Å². The van der Waals surface area contributed by atoms with E-state index in [4.69, 9.17) is 9.73 Å². The molecule has 7 nitrogen and oxygen atoms in total. The number of hydrogen-bond acceptors (Lipinski definition) is 4. The van der Waals surface area contributed by atoms with Crippen molar-refractivity contribution in [2.45, 2.75) is 53.0 Å².